The summed E-state index contributed by atoms with van der Waals surface area (Å²) in [5.74, 6) is -0.233. The number of hydrogen-bond acceptors (Lipinski definition) is 4. The lowest BCUT2D eigenvalue weighted by Crippen LogP contribution is -2.41. The third-order valence-electron chi connectivity index (χ3n) is 4.58. The minimum Gasteiger partial charge on any atom is -0.378 e. The smallest absolute Gasteiger partial charge is 0.324 e. The van der Waals surface area contributed by atoms with E-state index in [0.717, 1.165) is 5.56 Å². The Morgan fingerprint density at radius 1 is 1.16 bits per heavy atom. The maximum atomic E-state index is 12.4. The maximum absolute atomic E-state index is 12.4. The van der Waals surface area contributed by atoms with E-state index in [9.17, 15) is 14.4 Å². The van der Waals surface area contributed by atoms with Crippen LogP contribution in [0.3, 0.4) is 0 Å². The predicted octanol–water partition coefficient (Wildman–Crippen LogP) is 0.788. The summed E-state index contributed by atoms with van der Waals surface area (Å²) in [4.78, 5) is 39.6. The summed E-state index contributed by atoms with van der Waals surface area (Å²) in [6.07, 6.45) is 1.21. The van der Waals surface area contributed by atoms with E-state index < -0.39 is 6.04 Å². The Hall–Kier alpha value is -2.41. The van der Waals surface area contributed by atoms with Gasteiger partial charge < -0.3 is 15.0 Å². The van der Waals surface area contributed by atoms with Crippen LogP contribution in [0, 0.1) is 0 Å². The van der Waals surface area contributed by atoms with Crippen LogP contribution in [0.4, 0.5) is 4.79 Å². The third kappa shape index (κ3) is 4.36. The van der Waals surface area contributed by atoms with E-state index in [-0.39, 0.29) is 24.3 Å². The molecule has 134 valence electrons. The van der Waals surface area contributed by atoms with Gasteiger partial charge in [-0.05, 0) is 18.4 Å². The number of urea groups is 1. The maximum Gasteiger partial charge on any atom is 0.324 e. The zero-order chi connectivity index (χ0) is 17.6. The molecule has 3 rings (SSSR count). The van der Waals surface area contributed by atoms with Gasteiger partial charge in [-0.3, -0.25) is 14.5 Å². The molecule has 2 saturated heterocycles. The van der Waals surface area contributed by atoms with E-state index in [4.69, 9.17) is 4.74 Å². The first-order chi connectivity index (χ1) is 12.1. The molecule has 0 spiro atoms. The SMILES string of the molecule is O=C(CC[C@H]1NC(=O)N(CCc2ccccc2)C1=O)N1CCOCC1. The average Bonchev–Trinajstić information content (AvgIpc) is 2.93. The fourth-order valence-corrected chi connectivity index (χ4v) is 3.11. The molecule has 25 heavy (non-hydrogen) atoms. The molecule has 0 unspecified atom stereocenters. The Morgan fingerprint density at radius 2 is 1.88 bits per heavy atom. The first-order valence-electron chi connectivity index (χ1n) is 8.66. The molecule has 2 aliphatic rings. The van der Waals surface area contributed by atoms with Crippen LogP contribution in [-0.4, -0.2) is 66.5 Å². The van der Waals surface area contributed by atoms with E-state index in [1.165, 1.54) is 4.90 Å². The van der Waals surface area contributed by atoms with Crippen LogP contribution >= 0.6 is 0 Å². The summed E-state index contributed by atoms with van der Waals surface area (Å²) in [6.45, 7) is 2.64. The molecule has 1 atom stereocenters. The van der Waals surface area contributed by atoms with Gasteiger partial charge in [0.05, 0.1) is 13.2 Å². The van der Waals surface area contributed by atoms with Gasteiger partial charge in [-0.25, -0.2) is 4.79 Å². The number of amides is 4. The van der Waals surface area contributed by atoms with E-state index >= 15 is 0 Å². The third-order valence-corrected chi connectivity index (χ3v) is 4.58. The first kappa shape index (κ1) is 17.4. The molecule has 2 aliphatic heterocycles. The van der Waals surface area contributed by atoms with Crippen molar-refractivity contribution >= 4 is 17.8 Å². The van der Waals surface area contributed by atoms with Crippen LogP contribution < -0.4 is 5.32 Å². The summed E-state index contributed by atoms with van der Waals surface area (Å²) in [5.41, 5.74) is 1.08. The van der Waals surface area contributed by atoms with Gasteiger partial charge in [0.15, 0.2) is 0 Å². The van der Waals surface area contributed by atoms with Crippen LogP contribution in [-0.2, 0) is 20.7 Å². The number of benzene rings is 1. The number of carbonyl (C=O) groups excluding carboxylic acids is 3. The monoisotopic (exact) mass is 345 g/mol. The molecule has 1 aromatic carbocycles. The van der Waals surface area contributed by atoms with Gasteiger partial charge in [0, 0.05) is 26.1 Å². The number of carbonyl (C=O) groups is 3. The summed E-state index contributed by atoms with van der Waals surface area (Å²) < 4.78 is 5.22. The molecule has 0 bridgehead atoms. The Kier molecular flexibility index (Phi) is 5.65. The van der Waals surface area contributed by atoms with E-state index in [1.807, 2.05) is 30.3 Å². The van der Waals surface area contributed by atoms with Crippen LogP contribution in [0.25, 0.3) is 0 Å². The molecule has 0 aliphatic carbocycles. The molecule has 2 heterocycles. The van der Waals surface area contributed by atoms with Crippen molar-refractivity contribution in [2.75, 3.05) is 32.8 Å². The lowest BCUT2D eigenvalue weighted by molar-refractivity contribution is -0.135. The van der Waals surface area contributed by atoms with Crippen molar-refractivity contribution in [2.45, 2.75) is 25.3 Å². The number of imide groups is 1. The molecule has 0 radical (unpaired) electrons. The minimum atomic E-state index is -0.603. The van der Waals surface area contributed by atoms with Crippen molar-refractivity contribution in [3.8, 4) is 0 Å². The topological polar surface area (TPSA) is 79.0 Å². The van der Waals surface area contributed by atoms with Crippen LogP contribution in [0.15, 0.2) is 30.3 Å². The van der Waals surface area contributed by atoms with E-state index in [2.05, 4.69) is 5.32 Å². The fourth-order valence-electron chi connectivity index (χ4n) is 3.11. The average molecular weight is 345 g/mol. The van der Waals surface area contributed by atoms with Gasteiger partial charge in [-0.15, -0.1) is 0 Å². The summed E-state index contributed by atoms with van der Waals surface area (Å²) in [5, 5.41) is 2.69. The second kappa shape index (κ2) is 8.11. The highest BCUT2D eigenvalue weighted by Gasteiger charge is 2.37. The zero-order valence-electron chi connectivity index (χ0n) is 14.1. The molecule has 2 fully saturated rings. The highest BCUT2D eigenvalue weighted by atomic mass is 16.5. The van der Waals surface area contributed by atoms with Crippen LogP contribution in [0.1, 0.15) is 18.4 Å². The molecule has 1 N–H and O–H groups in total. The van der Waals surface area contributed by atoms with Crippen LogP contribution in [0.2, 0.25) is 0 Å². The molecule has 7 heteroatoms. The number of nitrogens with one attached hydrogen (secondary N) is 1. The molecule has 0 aromatic heterocycles. The van der Waals surface area contributed by atoms with Crippen LogP contribution in [0.5, 0.6) is 0 Å². The van der Waals surface area contributed by atoms with Gasteiger partial charge in [0.2, 0.25) is 5.91 Å². The second-order valence-electron chi connectivity index (χ2n) is 6.26. The Labute approximate surface area is 146 Å². The first-order valence-corrected chi connectivity index (χ1v) is 8.66. The largest absolute Gasteiger partial charge is 0.378 e. The Bertz CT molecular complexity index is 628. The highest BCUT2D eigenvalue weighted by molar-refractivity contribution is 6.04. The summed E-state index contributed by atoms with van der Waals surface area (Å²) >= 11 is 0. The number of hydrogen-bond donors (Lipinski definition) is 1. The quantitative estimate of drug-likeness (QED) is 0.773. The van der Waals surface area contributed by atoms with Crippen molar-refractivity contribution in [3.05, 3.63) is 35.9 Å². The summed E-state index contributed by atoms with van der Waals surface area (Å²) in [7, 11) is 0. The summed E-state index contributed by atoms with van der Waals surface area (Å²) in [6, 6.07) is 8.76. The van der Waals surface area contributed by atoms with Gasteiger partial charge in [0.1, 0.15) is 6.04 Å². The Balaban J connectivity index is 1.48. The lowest BCUT2D eigenvalue weighted by Gasteiger charge is -2.27. The lowest BCUT2D eigenvalue weighted by atomic mass is 10.1. The van der Waals surface area contributed by atoms with Crippen molar-refractivity contribution in [3.63, 3.8) is 0 Å². The van der Waals surface area contributed by atoms with Gasteiger partial charge in [-0.2, -0.15) is 0 Å². The van der Waals surface area contributed by atoms with Crippen molar-refractivity contribution in [1.29, 1.82) is 0 Å². The van der Waals surface area contributed by atoms with E-state index in [0.29, 0.717) is 45.7 Å². The number of morpholine rings is 1. The molecule has 0 saturated carbocycles. The van der Waals surface area contributed by atoms with Crippen molar-refractivity contribution < 1.29 is 19.1 Å². The highest BCUT2D eigenvalue weighted by Crippen LogP contribution is 2.14. The molecule has 7 nitrogen and oxygen atoms in total. The van der Waals surface area contributed by atoms with Gasteiger partial charge >= 0.3 is 6.03 Å². The Morgan fingerprint density at radius 3 is 2.60 bits per heavy atom. The van der Waals surface area contributed by atoms with E-state index in [1.54, 1.807) is 4.90 Å². The standard InChI is InChI=1S/C18H23N3O4/c22-16(20-10-12-25-13-11-20)7-6-15-17(23)21(18(24)19-15)9-8-14-4-2-1-3-5-14/h1-5,15H,6-13H2,(H,19,24)/t15-/m1/s1. The molecular formula is C18H23N3O4. The fraction of sp³-hybridized carbons (Fsp3) is 0.500. The molecular weight excluding hydrogens is 322 g/mol. The minimum absolute atomic E-state index is 0.00749. The molecule has 4 amide bonds. The van der Waals surface area contributed by atoms with Gasteiger partial charge in [0.25, 0.3) is 5.91 Å². The zero-order valence-corrected chi connectivity index (χ0v) is 14.1. The number of ether oxygens (including phenoxy) is 1. The van der Waals surface area contributed by atoms with Crippen molar-refractivity contribution in [1.82, 2.24) is 15.1 Å². The normalized spacial score (nSPS) is 20.7. The predicted molar refractivity (Wildman–Crippen MR) is 90.8 cm³/mol. The number of rotatable bonds is 6. The molecule has 1 aromatic rings. The number of nitrogens with zero attached hydrogens (tertiary/aromatic N) is 2. The second-order valence-corrected chi connectivity index (χ2v) is 6.26. The van der Waals surface area contributed by atoms with Gasteiger partial charge in [-0.1, -0.05) is 30.3 Å². The van der Waals surface area contributed by atoms with Crippen molar-refractivity contribution in [2.24, 2.45) is 0 Å².